The summed E-state index contributed by atoms with van der Waals surface area (Å²) in [5.41, 5.74) is 1.77. The van der Waals surface area contributed by atoms with E-state index in [2.05, 4.69) is 21.2 Å². The van der Waals surface area contributed by atoms with Gasteiger partial charge in [-0.2, -0.15) is 0 Å². The Kier molecular flexibility index (Phi) is 7.19. The Hall–Kier alpha value is -2.22. The van der Waals surface area contributed by atoms with Crippen molar-refractivity contribution in [2.24, 2.45) is 0 Å². The maximum Gasteiger partial charge on any atom is 0.266 e. The van der Waals surface area contributed by atoms with Crippen LogP contribution in [0.25, 0.3) is 6.08 Å². The first-order valence-electron chi connectivity index (χ1n) is 8.55. The van der Waals surface area contributed by atoms with Crippen molar-refractivity contribution in [3.05, 3.63) is 81.7 Å². The number of thioether (sulfide) groups is 1. The number of amides is 2. The lowest BCUT2D eigenvalue weighted by atomic mass is 10.2. The zero-order chi connectivity index (χ0) is 19.9. The molecular weight excluding hydrogens is 456 g/mol. The standard InChI is InChI=1S/C21H17BrN2O2S2/c22-16-9-11-17(12-10-16)23-19(25)13-14-24-20(26)18(28-21(24)27)8-4-7-15-5-2-1-3-6-15/h1-12H,13-14H2,(H,23,25). The monoisotopic (exact) mass is 472 g/mol. The van der Waals surface area contributed by atoms with Crippen molar-refractivity contribution in [2.45, 2.75) is 6.42 Å². The highest BCUT2D eigenvalue weighted by molar-refractivity contribution is 9.10. The number of nitrogens with zero attached hydrogens (tertiary/aromatic N) is 1. The number of hydrogen-bond acceptors (Lipinski definition) is 4. The fraction of sp³-hybridized carbons (Fsp3) is 0.0952. The minimum atomic E-state index is -0.163. The van der Waals surface area contributed by atoms with Crippen LogP contribution in [0.5, 0.6) is 0 Å². The molecule has 0 bridgehead atoms. The molecule has 3 rings (SSSR count). The van der Waals surface area contributed by atoms with Crippen molar-refractivity contribution in [3.63, 3.8) is 0 Å². The zero-order valence-electron chi connectivity index (χ0n) is 14.8. The molecule has 1 heterocycles. The number of carbonyl (C=O) groups is 2. The molecule has 0 aromatic heterocycles. The number of carbonyl (C=O) groups excluding carboxylic acids is 2. The van der Waals surface area contributed by atoms with Gasteiger partial charge in [0.2, 0.25) is 5.91 Å². The van der Waals surface area contributed by atoms with Gasteiger partial charge in [-0.3, -0.25) is 14.5 Å². The van der Waals surface area contributed by atoms with Crippen LogP contribution in [-0.2, 0) is 9.59 Å². The van der Waals surface area contributed by atoms with Crippen molar-refractivity contribution < 1.29 is 9.59 Å². The van der Waals surface area contributed by atoms with E-state index in [0.717, 1.165) is 10.0 Å². The Morgan fingerprint density at radius 3 is 2.57 bits per heavy atom. The van der Waals surface area contributed by atoms with Gasteiger partial charge in [-0.15, -0.1) is 0 Å². The van der Waals surface area contributed by atoms with Gasteiger partial charge in [0.1, 0.15) is 4.32 Å². The number of anilines is 1. The minimum absolute atomic E-state index is 0.163. The number of hydrogen-bond donors (Lipinski definition) is 1. The number of allylic oxidation sites excluding steroid dienone is 2. The fourth-order valence-electron chi connectivity index (χ4n) is 2.49. The molecule has 0 saturated carbocycles. The van der Waals surface area contributed by atoms with Gasteiger partial charge in [-0.25, -0.2) is 0 Å². The summed E-state index contributed by atoms with van der Waals surface area (Å²) in [5.74, 6) is -0.325. The third-order valence-corrected chi connectivity index (χ3v) is 5.82. The zero-order valence-corrected chi connectivity index (χ0v) is 18.0. The number of nitrogens with one attached hydrogen (secondary N) is 1. The molecule has 28 heavy (non-hydrogen) atoms. The molecule has 1 saturated heterocycles. The smallest absolute Gasteiger partial charge is 0.266 e. The lowest BCUT2D eigenvalue weighted by Gasteiger charge is -2.14. The van der Waals surface area contributed by atoms with Gasteiger partial charge >= 0.3 is 0 Å². The molecule has 1 aliphatic rings. The fourth-order valence-corrected chi connectivity index (χ4v) is 4.01. The molecule has 0 unspecified atom stereocenters. The quantitative estimate of drug-likeness (QED) is 0.461. The normalized spacial score (nSPS) is 15.6. The SMILES string of the molecule is O=C(CCN1C(=O)C(=CC=Cc2ccccc2)SC1=S)Nc1ccc(Br)cc1. The maximum atomic E-state index is 12.5. The van der Waals surface area contributed by atoms with Crippen LogP contribution in [0.15, 0.2) is 76.1 Å². The number of rotatable bonds is 6. The highest BCUT2D eigenvalue weighted by Gasteiger charge is 2.31. The molecule has 1 fully saturated rings. The summed E-state index contributed by atoms with van der Waals surface area (Å²) < 4.78 is 1.41. The summed E-state index contributed by atoms with van der Waals surface area (Å²) >= 11 is 9.91. The topological polar surface area (TPSA) is 49.4 Å². The predicted molar refractivity (Wildman–Crippen MR) is 123 cm³/mol. The van der Waals surface area contributed by atoms with Crippen molar-refractivity contribution >= 4 is 67.8 Å². The summed E-state index contributed by atoms with van der Waals surface area (Å²) in [6.07, 6.45) is 5.70. The molecule has 2 aromatic rings. The van der Waals surface area contributed by atoms with E-state index in [1.807, 2.05) is 66.7 Å². The van der Waals surface area contributed by atoms with Gasteiger partial charge in [-0.05, 0) is 35.9 Å². The van der Waals surface area contributed by atoms with Crippen molar-refractivity contribution in [1.82, 2.24) is 4.90 Å². The molecule has 0 atom stereocenters. The maximum absolute atomic E-state index is 12.5. The molecular formula is C21H17BrN2O2S2. The van der Waals surface area contributed by atoms with E-state index in [4.69, 9.17) is 12.2 Å². The van der Waals surface area contributed by atoms with E-state index in [9.17, 15) is 9.59 Å². The summed E-state index contributed by atoms with van der Waals surface area (Å²) in [5, 5.41) is 2.81. The van der Waals surface area contributed by atoms with E-state index >= 15 is 0 Å². The van der Waals surface area contributed by atoms with Gasteiger partial charge in [0.15, 0.2) is 0 Å². The second-order valence-corrected chi connectivity index (χ2v) is 8.52. The third-order valence-electron chi connectivity index (χ3n) is 3.90. The summed E-state index contributed by atoms with van der Waals surface area (Å²) in [6.45, 7) is 0.257. The van der Waals surface area contributed by atoms with Gasteiger partial charge in [0, 0.05) is 23.1 Å². The Labute approximate surface area is 181 Å². The average molecular weight is 473 g/mol. The summed E-state index contributed by atoms with van der Waals surface area (Å²) in [7, 11) is 0. The van der Waals surface area contributed by atoms with Crippen molar-refractivity contribution in [2.75, 3.05) is 11.9 Å². The molecule has 0 radical (unpaired) electrons. The van der Waals surface area contributed by atoms with Crippen LogP contribution in [0.1, 0.15) is 12.0 Å². The van der Waals surface area contributed by atoms with Crippen LogP contribution in [0, 0.1) is 0 Å². The number of benzene rings is 2. The van der Waals surface area contributed by atoms with Crippen molar-refractivity contribution in [1.29, 1.82) is 0 Å². The first kappa shape index (κ1) is 20.5. The van der Waals surface area contributed by atoms with Crippen LogP contribution in [0.4, 0.5) is 5.69 Å². The van der Waals surface area contributed by atoms with Crippen LogP contribution < -0.4 is 5.32 Å². The van der Waals surface area contributed by atoms with E-state index in [1.165, 1.54) is 16.7 Å². The Morgan fingerprint density at radius 2 is 1.86 bits per heavy atom. The average Bonchev–Trinajstić information content (AvgIpc) is 2.96. The number of halogens is 1. The molecule has 7 heteroatoms. The van der Waals surface area contributed by atoms with Gasteiger partial charge in [-0.1, -0.05) is 82.4 Å². The van der Waals surface area contributed by atoms with E-state index < -0.39 is 0 Å². The van der Waals surface area contributed by atoms with Crippen LogP contribution in [0.3, 0.4) is 0 Å². The molecule has 4 nitrogen and oxygen atoms in total. The molecule has 1 N–H and O–H groups in total. The first-order valence-corrected chi connectivity index (χ1v) is 10.6. The lowest BCUT2D eigenvalue weighted by Crippen LogP contribution is -2.31. The molecule has 2 amide bonds. The predicted octanol–water partition coefficient (Wildman–Crippen LogP) is 5.24. The van der Waals surface area contributed by atoms with E-state index in [0.29, 0.717) is 14.9 Å². The van der Waals surface area contributed by atoms with Crippen LogP contribution >= 0.6 is 39.9 Å². The molecule has 1 aliphatic heterocycles. The molecule has 0 aliphatic carbocycles. The van der Waals surface area contributed by atoms with Gasteiger partial charge in [0.05, 0.1) is 4.91 Å². The Balaban J connectivity index is 1.54. The first-order chi connectivity index (χ1) is 13.5. The molecule has 142 valence electrons. The second-order valence-electron chi connectivity index (χ2n) is 5.93. The van der Waals surface area contributed by atoms with E-state index in [-0.39, 0.29) is 24.8 Å². The molecule has 0 spiro atoms. The van der Waals surface area contributed by atoms with Gasteiger partial charge in [0.25, 0.3) is 5.91 Å². The third kappa shape index (κ3) is 5.64. The largest absolute Gasteiger partial charge is 0.326 e. The summed E-state index contributed by atoms with van der Waals surface area (Å²) in [4.78, 5) is 26.7. The Bertz CT molecular complexity index is 941. The summed E-state index contributed by atoms with van der Waals surface area (Å²) in [6, 6.07) is 17.2. The Morgan fingerprint density at radius 1 is 1.14 bits per heavy atom. The number of thiocarbonyl (C=S) groups is 1. The van der Waals surface area contributed by atoms with Gasteiger partial charge < -0.3 is 5.32 Å². The van der Waals surface area contributed by atoms with Crippen molar-refractivity contribution in [3.8, 4) is 0 Å². The lowest BCUT2D eigenvalue weighted by molar-refractivity contribution is -0.122. The second kappa shape index (κ2) is 9.82. The molecule has 2 aromatic carbocycles. The van der Waals surface area contributed by atoms with Crippen LogP contribution in [-0.4, -0.2) is 27.6 Å². The highest BCUT2D eigenvalue weighted by atomic mass is 79.9. The van der Waals surface area contributed by atoms with Crippen LogP contribution in [0.2, 0.25) is 0 Å². The minimum Gasteiger partial charge on any atom is -0.326 e. The van der Waals surface area contributed by atoms with E-state index in [1.54, 1.807) is 6.08 Å². The highest BCUT2D eigenvalue weighted by Crippen LogP contribution is 2.31.